The maximum atomic E-state index is 9.90. The molecule has 0 saturated carbocycles. The topological polar surface area (TPSA) is 58.9 Å². The van der Waals surface area contributed by atoms with Crippen molar-refractivity contribution in [2.24, 2.45) is 0 Å². The van der Waals surface area contributed by atoms with Gasteiger partial charge in [-0.3, -0.25) is 0 Å². The Hall–Kier alpha value is -1.82. The second-order valence-corrected chi connectivity index (χ2v) is 9.45. The lowest BCUT2D eigenvalue weighted by Crippen LogP contribution is -2.32. The van der Waals surface area contributed by atoms with Gasteiger partial charge in [0.15, 0.2) is 6.79 Å². The predicted octanol–water partition coefficient (Wildman–Crippen LogP) is 3.92. The van der Waals surface area contributed by atoms with E-state index in [1.54, 1.807) is 13.2 Å². The average Bonchev–Trinajstić information content (AvgIpc) is 2.58. The zero-order chi connectivity index (χ0) is 21.3. The van der Waals surface area contributed by atoms with Gasteiger partial charge < -0.3 is 19.5 Å². The Morgan fingerprint density at radius 1 is 0.857 bits per heavy atom. The van der Waals surface area contributed by atoms with Gasteiger partial charge in [-0.1, -0.05) is 71.4 Å². The highest BCUT2D eigenvalue weighted by atomic mass is 16.7. The molecule has 0 heterocycles. The average molecular weight is 384 g/mol. The van der Waals surface area contributed by atoms with Gasteiger partial charge in [-0.15, -0.1) is 0 Å². The van der Waals surface area contributed by atoms with Crippen LogP contribution in [0.25, 0.3) is 11.1 Å². The molecule has 0 atom stereocenters. The summed E-state index contributed by atoms with van der Waals surface area (Å²) >= 11 is 0. The largest absolute Gasteiger partial charge is 0.492 e. The van der Waals surface area contributed by atoms with Crippen LogP contribution in [0, 0.1) is 6.92 Å². The molecule has 0 fully saturated rings. The second-order valence-electron chi connectivity index (χ2n) is 9.45. The van der Waals surface area contributed by atoms with E-state index in [0.29, 0.717) is 11.2 Å². The number of aryl methyl sites for hydroxylation is 1. The minimum Gasteiger partial charge on any atom is -0.467 e. The molecule has 2 aromatic carbocycles. The summed E-state index contributed by atoms with van der Waals surface area (Å²) in [7, 11) is -0.0840. The predicted molar refractivity (Wildman–Crippen MR) is 116 cm³/mol. The number of hydrogen-bond acceptors (Lipinski definition) is 4. The van der Waals surface area contributed by atoms with Gasteiger partial charge in [0.05, 0.1) is 0 Å². The first-order valence-corrected chi connectivity index (χ1v) is 9.63. The maximum Gasteiger partial charge on any atom is 0.492 e. The Morgan fingerprint density at radius 3 is 1.82 bits per heavy atom. The van der Waals surface area contributed by atoms with E-state index in [1.807, 2.05) is 13.0 Å². The van der Waals surface area contributed by atoms with Crippen LogP contribution in [0.4, 0.5) is 0 Å². The number of rotatable bonds is 5. The molecule has 0 aliphatic heterocycles. The van der Waals surface area contributed by atoms with Gasteiger partial charge in [0.25, 0.3) is 0 Å². The van der Waals surface area contributed by atoms with E-state index in [0.717, 1.165) is 16.7 Å². The third-order valence-corrected chi connectivity index (χ3v) is 4.84. The summed E-state index contributed by atoms with van der Waals surface area (Å²) in [4.78, 5) is 0. The molecule has 0 spiro atoms. The molecule has 0 amide bonds. The van der Waals surface area contributed by atoms with Crippen LogP contribution in [0.2, 0.25) is 0 Å². The smallest absolute Gasteiger partial charge is 0.467 e. The summed E-state index contributed by atoms with van der Waals surface area (Å²) < 4.78 is 10.9. The van der Waals surface area contributed by atoms with E-state index < -0.39 is 7.12 Å². The normalized spacial score (nSPS) is 12.2. The zero-order valence-corrected chi connectivity index (χ0v) is 18.4. The SMILES string of the molecule is COCOc1c(B(O)O)cc(C)cc1-c1cc(C(C)(C)C)cc(C(C)(C)C)c1. The lowest BCUT2D eigenvalue weighted by molar-refractivity contribution is 0.0521. The molecular weight excluding hydrogens is 351 g/mol. The molecule has 28 heavy (non-hydrogen) atoms. The highest BCUT2D eigenvalue weighted by Gasteiger charge is 2.25. The summed E-state index contributed by atoms with van der Waals surface area (Å²) in [5.74, 6) is 0.438. The molecule has 0 aliphatic rings. The van der Waals surface area contributed by atoms with Gasteiger partial charge in [-0.2, -0.15) is 0 Å². The first-order chi connectivity index (χ1) is 12.8. The molecule has 0 unspecified atom stereocenters. The third kappa shape index (κ3) is 5.16. The van der Waals surface area contributed by atoms with Crippen molar-refractivity contribution in [2.75, 3.05) is 13.9 Å². The summed E-state index contributed by atoms with van der Waals surface area (Å²) in [6.45, 7) is 15.1. The Bertz CT molecular complexity index is 797. The number of benzene rings is 2. The third-order valence-electron chi connectivity index (χ3n) is 4.84. The summed E-state index contributed by atoms with van der Waals surface area (Å²) in [5.41, 5.74) is 5.50. The van der Waals surface area contributed by atoms with Crippen LogP contribution in [0.15, 0.2) is 30.3 Å². The number of ether oxygens (including phenoxy) is 2. The van der Waals surface area contributed by atoms with E-state index in [9.17, 15) is 10.0 Å². The van der Waals surface area contributed by atoms with E-state index in [-0.39, 0.29) is 17.6 Å². The van der Waals surface area contributed by atoms with E-state index in [2.05, 4.69) is 59.7 Å². The van der Waals surface area contributed by atoms with Crippen LogP contribution in [0.3, 0.4) is 0 Å². The van der Waals surface area contributed by atoms with Crippen LogP contribution in [0.5, 0.6) is 5.75 Å². The Morgan fingerprint density at radius 2 is 1.39 bits per heavy atom. The van der Waals surface area contributed by atoms with Crippen LogP contribution in [-0.4, -0.2) is 31.1 Å². The molecule has 0 radical (unpaired) electrons. The number of methoxy groups -OCH3 is 1. The first kappa shape index (κ1) is 22.5. The lowest BCUT2D eigenvalue weighted by atomic mass is 9.75. The molecule has 0 aromatic heterocycles. The molecule has 2 N–H and O–H groups in total. The van der Waals surface area contributed by atoms with Gasteiger partial charge in [0, 0.05) is 18.1 Å². The molecule has 0 saturated heterocycles. The molecule has 152 valence electrons. The Balaban J connectivity index is 2.82. The van der Waals surface area contributed by atoms with Gasteiger partial charge in [-0.05, 0) is 40.5 Å². The van der Waals surface area contributed by atoms with Crippen molar-refractivity contribution in [1.82, 2.24) is 0 Å². The first-order valence-electron chi connectivity index (χ1n) is 9.63. The highest BCUT2D eigenvalue weighted by molar-refractivity contribution is 6.60. The molecule has 2 rings (SSSR count). The van der Waals surface area contributed by atoms with Gasteiger partial charge in [-0.25, -0.2) is 0 Å². The van der Waals surface area contributed by atoms with Crippen molar-refractivity contribution in [2.45, 2.75) is 59.3 Å². The zero-order valence-electron chi connectivity index (χ0n) is 18.4. The summed E-state index contributed by atoms with van der Waals surface area (Å²) in [6.07, 6.45) is 0. The van der Waals surface area contributed by atoms with Crippen molar-refractivity contribution in [3.05, 3.63) is 47.0 Å². The quantitative estimate of drug-likeness (QED) is 0.606. The van der Waals surface area contributed by atoms with Crippen molar-refractivity contribution < 1.29 is 19.5 Å². The van der Waals surface area contributed by atoms with Crippen LogP contribution in [-0.2, 0) is 15.6 Å². The summed E-state index contributed by atoms with van der Waals surface area (Å²) in [6, 6.07) is 10.3. The van der Waals surface area contributed by atoms with Crippen molar-refractivity contribution in [3.63, 3.8) is 0 Å². The number of hydrogen-bond donors (Lipinski definition) is 2. The van der Waals surface area contributed by atoms with Crippen molar-refractivity contribution in [3.8, 4) is 16.9 Å². The van der Waals surface area contributed by atoms with Gasteiger partial charge in [0.1, 0.15) is 5.75 Å². The van der Waals surface area contributed by atoms with Gasteiger partial charge in [0.2, 0.25) is 0 Å². The van der Waals surface area contributed by atoms with Crippen molar-refractivity contribution in [1.29, 1.82) is 0 Å². The highest BCUT2D eigenvalue weighted by Crippen LogP contribution is 2.37. The Kier molecular flexibility index (Phi) is 6.64. The fourth-order valence-electron chi connectivity index (χ4n) is 3.14. The molecule has 0 bridgehead atoms. The van der Waals surface area contributed by atoms with Crippen molar-refractivity contribution >= 4 is 12.6 Å². The molecule has 2 aromatic rings. The summed E-state index contributed by atoms with van der Waals surface area (Å²) in [5, 5.41) is 19.8. The molecule has 0 aliphatic carbocycles. The van der Waals surface area contributed by atoms with E-state index in [4.69, 9.17) is 9.47 Å². The maximum absolute atomic E-state index is 9.90. The Labute approximate surface area is 169 Å². The minimum absolute atomic E-state index is 0.0211. The van der Waals surface area contributed by atoms with Crippen LogP contribution in [0.1, 0.15) is 58.2 Å². The lowest BCUT2D eigenvalue weighted by Gasteiger charge is -2.27. The molecular formula is C23H33BO4. The van der Waals surface area contributed by atoms with Crippen LogP contribution >= 0.6 is 0 Å². The van der Waals surface area contributed by atoms with Gasteiger partial charge >= 0.3 is 7.12 Å². The molecule has 5 heteroatoms. The van der Waals surface area contributed by atoms with E-state index >= 15 is 0 Å². The monoisotopic (exact) mass is 384 g/mol. The molecule has 4 nitrogen and oxygen atoms in total. The minimum atomic E-state index is -1.63. The standard InChI is InChI=1S/C23H33BO4/c1-15-9-19(21(28-14-27-8)20(10-15)24(25)26)16-11-17(22(2,3)4)13-18(12-16)23(5,6)7/h9-13,25-26H,14H2,1-8H3. The van der Waals surface area contributed by atoms with Crippen LogP contribution < -0.4 is 10.2 Å². The van der Waals surface area contributed by atoms with E-state index in [1.165, 1.54) is 11.1 Å². The second kappa shape index (κ2) is 8.28. The fourth-order valence-corrected chi connectivity index (χ4v) is 3.14. The fraction of sp³-hybridized carbons (Fsp3) is 0.478.